The summed E-state index contributed by atoms with van der Waals surface area (Å²) in [6.45, 7) is 2.39. The van der Waals surface area contributed by atoms with E-state index in [1.54, 1.807) is 0 Å². The second-order valence-corrected chi connectivity index (χ2v) is 7.09. The van der Waals surface area contributed by atoms with Gasteiger partial charge in [0, 0.05) is 36.8 Å². The van der Waals surface area contributed by atoms with Crippen LogP contribution in [0.5, 0.6) is 0 Å². The molecule has 118 valence electrons. The molecule has 0 spiro atoms. The molecule has 0 aromatic carbocycles. The molecule has 2 fully saturated rings. The SMILES string of the molecule is Cn1cc(-c2cc(C3C[C@H]4CNC[C@H]4C3)c3ccnn3c2)cn1. The second kappa shape index (κ2) is 4.93. The van der Waals surface area contributed by atoms with E-state index < -0.39 is 0 Å². The molecule has 2 aliphatic rings. The Hall–Kier alpha value is -2.14. The molecule has 0 radical (unpaired) electrons. The molecular weight excluding hydrogens is 286 g/mol. The van der Waals surface area contributed by atoms with E-state index in [-0.39, 0.29) is 0 Å². The molecule has 23 heavy (non-hydrogen) atoms. The summed E-state index contributed by atoms with van der Waals surface area (Å²) in [6.07, 6.45) is 10.6. The fraction of sp³-hybridized carbons (Fsp3) is 0.444. The molecule has 5 heteroatoms. The van der Waals surface area contributed by atoms with Crippen molar-refractivity contribution in [2.45, 2.75) is 18.8 Å². The monoisotopic (exact) mass is 307 g/mol. The third-order valence-corrected chi connectivity index (χ3v) is 5.67. The van der Waals surface area contributed by atoms with Crippen molar-refractivity contribution in [3.8, 4) is 11.1 Å². The van der Waals surface area contributed by atoms with Crippen LogP contribution in [0.4, 0.5) is 0 Å². The summed E-state index contributed by atoms with van der Waals surface area (Å²) in [7, 11) is 1.96. The zero-order valence-corrected chi connectivity index (χ0v) is 13.3. The van der Waals surface area contributed by atoms with Crippen LogP contribution < -0.4 is 5.32 Å². The van der Waals surface area contributed by atoms with Crippen LogP contribution in [0, 0.1) is 11.8 Å². The van der Waals surface area contributed by atoms with E-state index >= 15 is 0 Å². The highest BCUT2D eigenvalue weighted by Crippen LogP contribution is 2.45. The molecule has 4 heterocycles. The van der Waals surface area contributed by atoms with Gasteiger partial charge in [-0.2, -0.15) is 10.2 Å². The smallest absolute Gasteiger partial charge is 0.0696 e. The Labute approximate surface area is 135 Å². The van der Waals surface area contributed by atoms with Gasteiger partial charge in [-0.15, -0.1) is 0 Å². The van der Waals surface area contributed by atoms with E-state index in [0.29, 0.717) is 5.92 Å². The lowest BCUT2D eigenvalue weighted by atomic mass is 9.93. The summed E-state index contributed by atoms with van der Waals surface area (Å²) >= 11 is 0. The number of aryl methyl sites for hydroxylation is 1. The standard InChI is InChI=1S/C18H21N5/c1-22-10-16(9-21-22)15-6-17(18-2-3-20-23(18)11-15)12-4-13-7-19-8-14(13)5-12/h2-3,6,9-14,19H,4-5,7-8H2,1H3/t12?,13-,14+. The molecule has 1 aliphatic carbocycles. The van der Waals surface area contributed by atoms with Gasteiger partial charge in [0.25, 0.3) is 0 Å². The molecule has 3 aromatic rings. The van der Waals surface area contributed by atoms with Crippen molar-refractivity contribution in [3.05, 3.63) is 42.5 Å². The summed E-state index contributed by atoms with van der Waals surface area (Å²) < 4.78 is 3.89. The van der Waals surface area contributed by atoms with Gasteiger partial charge in [-0.25, -0.2) is 4.52 Å². The van der Waals surface area contributed by atoms with Crippen molar-refractivity contribution in [3.63, 3.8) is 0 Å². The Morgan fingerprint density at radius 1 is 1.09 bits per heavy atom. The van der Waals surface area contributed by atoms with Crippen LogP contribution >= 0.6 is 0 Å². The Balaban J connectivity index is 1.61. The first-order chi connectivity index (χ1) is 11.3. The highest BCUT2D eigenvalue weighted by Gasteiger charge is 2.38. The predicted molar refractivity (Wildman–Crippen MR) is 89.2 cm³/mol. The number of nitrogens with zero attached hydrogens (tertiary/aromatic N) is 4. The van der Waals surface area contributed by atoms with Crippen LogP contribution in [0.15, 0.2) is 36.9 Å². The molecule has 5 rings (SSSR count). The lowest BCUT2D eigenvalue weighted by Gasteiger charge is -2.15. The van der Waals surface area contributed by atoms with Crippen LogP contribution in [0.3, 0.4) is 0 Å². The molecule has 1 saturated carbocycles. The van der Waals surface area contributed by atoms with Gasteiger partial charge in [0.05, 0.1) is 11.7 Å². The van der Waals surface area contributed by atoms with Crippen LogP contribution in [0.2, 0.25) is 0 Å². The Morgan fingerprint density at radius 2 is 1.91 bits per heavy atom. The molecule has 1 saturated heterocycles. The van der Waals surface area contributed by atoms with Crippen molar-refractivity contribution in [1.82, 2.24) is 24.7 Å². The lowest BCUT2D eigenvalue weighted by molar-refractivity contribution is 0.494. The molecular formula is C18H21N5. The normalized spacial score (nSPS) is 26.9. The first kappa shape index (κ1) is 13.3. The summed E-state index contributed by atoms with van der Waals surface area (Å²) in [4.78, 5) is 0. The van der Waals surface area contributed by atoms with Gasteiger partial charge in [0.1, 0.15) is 0 Å². The zero-order chi connectivity index (χ0) is 15.4. The van der Waals surface area contributed by atoms with Gasteiger partial charge in [0.2, 0.25) is 0 Å². The summed E-state index contributed by atoms with van der Waals surface area (Å²) in [5.41, 5.74) is 5.08. The van der Waals surface area contributed by atoms with E-state index in [0.717, 1.165) is 17.4 Å². The quantitative estimate of drug-likeness (QED) is 0.791. The van der Waals surface area contributed by atoms with E-state index in [2.05, 4.69) is 40.0 Å². The number of pyridine rings is 1. The third kappa shape index (κ3) is 2.10. The summed E-state index contributed by atoms with van der Waals surface area (Å²) in [6, 6.07) is 4.52. The Kier molecular flexibility index (Phi) is 2.85. The molecule has 1 aliphatic heterocycles. The van der Waals surface area contributed by atoms with E-state index in [9.17, 15) is 0 Å². The number of rotatable bonds is 2. The molecule has 0 bridgehead atoms. The second-order valence-electron chi connectivity index (χ2n) is 7.09. The predicted octanol–water partition coefficient (Wildman–Crippen LogP) is 2.45. The molecule has 1 N–H and O–H groups in total. The van der Waals surface area contributed by atoms with Gasteiger partial charge in [-0.3, -0.25) is 4.68 Å². The number of aromatic nitrogens is 4. The topological polar surface area (TPSA) is 47.2 Å². The summed E-state index contributed by atoms with van der Waals surface area (Å²) in [5, 5.41) is 12.3. The summed E-state index contributed by atoms with van der Waals surface area (Å²) in [5.74, 6) is 2.36. The molecule has 3 aromatic heterocycles. The fourth-order valence-electron chi connectivity index (χ4n) is 4.53. The Bertz CT molecular complexity index is 849. The highest BCUT2D eigenvalue weighted by atomic mass is 15.2. The average molecular weight is 307 g/mol. The third-order valence-electron chi connectivity index (χ3n) is 5.67. The highest BCUT2D eigenvalue weighted by molar-refractivity contribution is 5.68. The largest absolute Gasteiger partial charge is 0.316 e. The molecule has 3 atom stereocenters. The first-order valence-electron chi connectivity index (χ1n) is 8.45. The number of hydrogen-bond donors (Lipinski definition) is 1. The van der Waals surface area contributed by atoms with Crippen LogP contribution in [0.1, 0.15) is 24.3 Å². The van der Waals surface area contributed by atoms with E-state index in [1.807, 2.05) is 28.6 Å². The molecule has 1 unspecified atom stereocenters. The van der Waals surface area contributed by atoms with Gasteiger partial charge in [-0.05, 0) is 61.4 Å². The zero-order valence-electron chi connectivity index (χ0n) is 13.3. The van der Waals surface area contributed by atoms with Crippen molar-refractivity contribution in [2.24, 2.45) is 18.9 Å². The van der Waals surface area contributed by atoms with E-state index in [1.165, 1.54) is 42.6 Å². The van der Waals surface area contributed by atoms with E-state index in [4.69, 9.17) is 0 Å². The minimum absolute atomic E-state index is 0.655. The van der Waals surface area contributed by atoms with Gasteiger partial charge in [0.15, 0.2) is 0 Å². The maximum Gasteiger partial charge on any atom is 0.0696 e. The van der Waals surface area contributed by atoms with Crippen LogP contribution in [-0.2, 0) is 7.05 Å². The number of hydrogen-bond acceptors (Lipinski definition) is 3. The molecule has 0 amide bonds. The molecule has 5 nitrogen and oxygen atoms in total. The van der Waals surface area contributed by atoms with Crippen molar-refractivity contribution in [2.75, 3.05) is 13.1 Å². The minimum Gasteiger partial charge on any atom is -0.316 e. The maximum absolute atomic E-state index is 4.49. The van der Waals surface area contributed by atoms with Gasteiger partial charge in [-0.1, -0.05) is 0 Å². The van der Waals surface area contributed by atoms with Crippen molar-refractivity contribution < 1.29 is 0 Å². The maximum atomic E-state index is 4.49. The first-order valence-corrected chi connectivity index (χ1v) is 8.45. The average Bonchev–Trinajstić information content (AvgIpc) is 3.29. The van der Waals surface area contributed by atoms with Crippen LogP contribution in [0.25, 0.3) is 16.6 Å². The van der Waals surface area contributed by atoms with Gasteiger partial charge < -0.3 is 5.32 Å². The van der Waals surface area contributed by atoms with Crippen molar-refractivity contribution >= 4 is 5.52 Å². The number of fused-ring (bicyclic) bond motifs is 2. The fourth-order valence-corrected chi connectivity index (χ4v) is 4.53. The van der Waals surface area contributed by atoms with Crippen LogP contribution in [-0.4, -0.2) is 32.5 Å². The minimum atomic E-state index is 0.655. The van der Waals surface area contributed by atoms with Crippen molar-refractivity contribution in [1.29, 1.82) is 0 Å². The Morgan fingerprint density at radius 3 is 2.65 bits per heavy atom. The van der Waals surface area contributed by atoms with Gasteiger partial charge >= 0.3 is 0 Å². The number of nitrogens with one attached hydrogen (secondary N) is 1. The lowest BCUT2D eigenvalue weighted by Crippen LogP contribution is -2.11.